The van der Waals surface area contributed by atoms with Crippen molar-refractivity contribution in [3.63, 3.8) is 0 Å². The molecular formula is C17H15NO3. The number of rotatable bonds is 3. The Labute approximate surface area is 121 Å². The zero-order chi connectivity index (χ0) is 15.0. The minimum atomic E-state index is -1.13. The van der Waals surface area contributed by atoms with Gasteiger partial charge in [-0.1, -0.05) is 30.3 Å². The highest BCUT2D eigenvalue weighted by atomic mass is 16.4. The number of carboxylic acid groups (broad SMARTS) is 1. The number of benzene rings is 2. The van der Waals surface area contributed by atoms with Crippen molar-refractivity contribution in [1.29, 1.82) is 0 Å². The number of nitrogens with zero attached hydrogens (tertiary/aromatic N) is 1. The molecular weight excluding hydrogens is 266 g/mol. The molecule has 3 aromatic rings. The highest BCUT2D eigenvalue weighted by Crippen LogP contribution is 2.37. The molecule has 0 fully saturated rings. The molecule has 0 saturated heterocycles. The molecule has 0 bridgehead atoms. The van der Waals surface area contributed by atoms with Crippen molar-refractivity contribution in [2.75, 3.05) is 0 Å². The van der Waals surface area contributed by atoms with Crippen molar-refractivity contribution in [3.8, 4) is 16.9 Å². The summed E-state index contributed by atoms with van der Waals surface area (Å²) in [5.74, 6) is -1.31. The van der Waals surface area contributed by atoms with Crippen LogP contribution in [0.25, 0.3) is 22.0 Å². The lowest BCUT2D eigenvalue weighted by Crippen LogP contribution is -2.00. The lowest BCUT2D eigenvalue weighted by molar-refractivity contribution is 0.0694. The van der Waals surface area contributed by atoms with Crippen molar-refractivity contribution >= 4 is 16.9 Å². The summed E-state index contributed by atoms with van der Waals surface area (Å²) in [6, 6.07) is 13.0. The minimum absolute atomic E-state index is 0.0743. The first kappa shape index (κ1) is 13.2. The number of phenols is 1. The molecule has 21 heavy (non-hydrogen) atoms. The number of hydrogen-bond acceptors (Lipinski definition) is 2. The number of fused-ring (bicyclic) bond motifs is 1. The first-order valence-electron chi connectivity index (χ1n) is 6.77. The summed E-state index contributed by atoms with van der Waals surface area (Å²) in [4.78, 5) is 11.4. The Hall–Kier alpha value is -2.75. The first-order valence-corrected chi connectivity index (χ1v) is 6.77. The van der Waals surface area contributed by atoms with Crippen molar-refractivity contribution in [2.24, 2.45) is 0 Å². The Balaban J connectivity index is 2.42. The van der Waals surface area contributed by atoms with E-state index in [2.05, 4.69) is 0 Å². The number of aromatic nitrogens is 1. The van der Waals surface area contributed by atoms with E-state index in [1.54, 1.807) is 0 Å². The second kappa shape index (κ2) is 4.98. The van der Waals surface area contributed by atoms with Crippen LogP contribution in [0.5, 0.6) is 5.75 Å². The molecule has 0 aliphatic heterocycles. The van der Waals surface area contributed by atoms with E-state index in [0.29, 0.717) is 12.1 Å². The Bertz CT molecular complexity index is 819. The monoisotopic (exact) mass is 281 g/mol. The van der Waals surface area contributed by atoms with E-state index in [9.17, 15) is 15.0 Å². The summed E-state index contributed by atoms with van der Waals surface area (Å²) < 4.78 is 1.85. The van der Waals surface area contributed by atoms with Gasteiger partial charge in [-0.2, -0.15) is 0 Å². The van der Waals surface area contributed by atoms with Crippen LogP contribution in [0, 0.1) is 0 Å². The predicted molar refractivity (Wildman–Crippen MR) is 81.7 cm³/mol. The molecule has 0 radical (unpaired) electrons. The van der Waals surface area contributed by atoms with Gasteiger partial charge in [0.1, 0.15) is 5.56 Å². The lowest BCUT2D eigenvalue weighted by atomic mass is 9.98. The molecule has 0 saturated carbocycles. The third-order valence-electron chi connectivity index (χ3n) is 3.68. The van der Waals surface area contributed by atoms with E-state index in [1.807, 2.05) is 54.1 Å². The van der Waals surface area contributed by atoms with Crippen LogP contribution < -0.4 is 0 Å². The molecule has 1 heterocycles. The number of hydrogen-bond donors (Lipinski definition) is 2. The van der Waals surface area contributed by atoms with E-state index in [-0.39, 0.29) is 11.3 Å². The number of carboxylic acids is 1. The van der Waals surface area contributed by atoms with Crippen LogP contribution in [0.3, 0.4) is 0 Å². The van der Waals surface area contributed by atoms with Gasteiger partial charge in [0.05, 0.1) is 5.52 Å². The summed E-state index contributed by atoms with van der Waals surface area (Å²) in [5.41, 5.74) is 2.23. The molecule has 0 unspecified atom stereocenters. The fourth-order valence-corrected chi connectivity index (χ4v) is 2.65. The van der Waals surface area contributed by atoms with Gasteiger partial charge < -0.3 is 14.8 Å². The zero-order valence-corrected chi connectivity index (χ0v) is 11.6. The van der Waals surface area contributed by atoms with Crippen molar-refractivity contribution in [2.45, 2.75) is 13.5 Å². The first-order chi connectivity index (χ1) is 10.1. The van der Waals surface area contributed by atoms with Crippen LogP contribution in [0.4, 0.5) is 0 Å². The summed E-state index contributed by atoms with van der Waals surface area (Å²) in [5, 5.41) is 20.5. The van der Waals surface area contributed by atoms with Gasteiger partial charge in [0.15, 0.2) is 5.75 Å². The number of aromatic carboxylic acids is 1. The van der Waals surface area contributed by atoms with E-state index in [1.165, 1.54) is 6.07 Å². The lowest BCUT2D eigenvalue weighted by Gasteiger charge is -2.11. The molecule has 2 aromatic carbocycles. The van der Waals surface area contributed by atoms with E-state index >= 15 is 0 Å². The van der Waals surface area contributed by atoms with Crippen LogP contribution >= 0.6 is 0 Å². The Morgan fingerprint density at radius 1 is 1.19 bits per heavy atom. The van der Waals surface area contributed by atoms with Gasteiger partial charge in [-0.3, -0.25) is 0 Å². The molecule has 4 heteroatoms. The Morgan fingerprint density at radius 3 is 2.52 bits per heavy atom. The van der Waals surface area contributed by atoms with Crippen LogP contribution in [-0.4, -0.2) is 20.7 Å². The fraction of sp³-hybridized carbons (Fsp3) is 0.118. The highest BCUT2D eigenvalue weighted by molar-refractivity contribution is 6.06. The van der Waals surface area contributed by atoms with Gasteiger partial charge in [-0.05, 0) is 30.2 Å². The van der Waals surface area contributed by atoms with Crippen LogP contribution in [0.2, 0.25) is 0 Å². The molecule has 1 aromatic heterocycles. The number of aryl methyl sites for hydroxylation is 1. The number of aromatic hydroxyl groups is 1. The SMILES string of the molecule is CCn1ccc2c(-c3ccccc3)cc(C(=O)O)c(O)c21. The maximum absolute atomic E-state index is 11.4. The van der Waals surface area contributed by atoms with Crippen molar-refractivity contribution < 1.29 is 15.0 Å². The maximum atomic E-state index is 11.4. The predicted octanol–water partition coefficient (Wildman–Crippen LogP) is 3.73. The average Bonchev–Trinajstić information content (AvgIpc) is 2.93. The quantitative estimate of drug-likeness (QED) is 0.769. The topological polar surface area (TPSA) is 62.5 Å². The molecule has 4 nitrogen and oxygen atoms in total. The Kier molecular flexibility index (Phi) is 3.14. The van der Waals surface area contributed by atoms with Crippen LogP contribution in [0.1, 0.15) is 17.3 Å². The molecule has 0 spiro atoms. The third-order valence-corrected chi connectivity index (χ3v) is 3.68. The second-order valence-corrected chi connectivity index (χ2v) is 4.86. The Morgan fingerprint density at radius 2 is 1.90 bits per heavy atom. The van der Waals surface area contributed by atoms with Gasteiger partial charge in [0.2, 0.25) is 0 Å². The smallest absolute Gasteiger partial charge is 0.339 e. The molecule has 0 aliphatic rings. The minimum Gasteiger partial charge on any atom is -0.505 e. The van der Waals surface area contributed by atoms with E-state index in [0.717, 1.165) is 16.5 Å². The standard InChI is InChI=1S/C17H15NO3/c1-2-18-9-8-12-13(11-6-4-3-5-7-11)10-14(17(20)21)16(19)15(12)18/h3-10,19H,2H2,1H3,(H,20,21). The summed E-state index contributed by atoms with van der Waals surface area (Å²) in [6.45, 7) is 2.61. The van der Waals surface area contributed by atoms with Gasteiger partial charge in [0, 0.05) is 18.1 Å². The third kappa shape index (κ3) is 2.05. The average molecular weight is 281 g/mol. The molecule has 0 amide bonds. The van der Waals surface area contributed by atoms with Crippen molar-refractivity contribution in [1.82, 2.24) is 4.57 Å². The molecule has 0 aliphatic carbocycles. The highest BCUT2D eigenvalue weighted by Gasteiger charge is 2.19. The molecule has 2 N–H and O–H groups in total. The van der Waals surface area contributed by atoms with Crippen LogP contribution in [0.15, 0.2) is 48.7 Å². The normalized spacial score (nSPS) is 10.9. The second-order valence-electron chi connectivity index (χ2n) is 4.86. The van der Waals surface area contributed by atoms with E-state index < -0.39 is 5.97 Å². The zero-order valence-electron chi connectivity index (χ0n) is 11.6. The fourth-order valence-electron chi connectivity index (χ4n) is 2.65. The molecule has 106 valence electrons. The van der Waals surface area contributed by atoms with Crippen molar-refractivity contribution in [3.05, 3.63) is 54.2 Å². The molecule has 0 atom stereocenters. The summed E-state index contributed by atoms with van der Waals surface area (Å²) in [6.07, 6.45) is 1.86. The summed E-state index contributed by atoms with van der Waals surface area (Å²) in [7, 11) is 0. The largest absolute Gasteiger partial charge is 0.505 e. The van der Waals surface area contributed by atoms with E-state index in [4.69, 9.17) is 0 Å². The van der Waals surface area contributed by atoms with Gasteiger partial charge in [-0.25, -0.2) is 4.79 Å². The van der Waals surface area contributed by atoms with Crippen LogP contribution in [-0.2, 0) is 6.54 Å². The van der Waals surface area contributed by atoms with Gasteiger partial charge in [-0.15, -0.1) is 0 Å². The van der Waals surface area contributed by atoms with Gasteiger partial charge in [0.25, 0.3) is 0 Å². The van der Waals surface area contributed by atoms with Gasteiger partial charge >= 0.3 is 5.97 Å². The maximum Gasteiger partial charge on any atom is 0.339 e. The number of carbonyl (C=O) groups is 1. The summed E-state index contributed by atoms with van der Waals surface area (Å²) >= 11 is 0. The molecule has 3 rings (SSSR count).